The van der Waals surface area contributed by atoms with E-state index in [0.717, 1.165) is 29.3 Å². The molecule has 1 aromatic carbocycles. The van der Waals surface area contributed by atoms with E-state index in [4.69, 9.17) is 5.14 Å². The molecule has 8 nitrogen and oxygen atoms in total. The number of nitrogens with two attached hydrogens (primary N) is 1. The van der Waals surface area contributed by atoms with Gasteiger partial charge < -0.3 is 5.32 Å². The Bertz CT molecular complexity index is 1110. The number of rotatable bonds is 5. The molecular formula is C16H13F2N5O3S. The molecule has 0 spiro atoms. The first kappa shape index (κ1) is 18.6. The normalized spacial score (nSPS) is 11.4. The lowest BCUT2D eigenvalue weighted by Crippen LogP contribution is -2.19. The fourth-order valence-electron chi connectivity index (χ4n) is 2.32. The maximum absolute atomic E-state index is 13.6. The molecule has 0 aliphatic heterocycles. The molecule has 2 aromatic heterocycles. The lowest BCUT2D eigenvalue weighted by Gasteiger charge is -2.10. The third-order valence-corrected chi connectivity index (χ3v) is 4.41. The van der Waals surface area contributed by atoms with Gasteiger partial charge in [-0.15, -0.1) is 0 Å². The minimum atomic E-state index is -4.25. The molecule has 3 aromatic rings. The van der Waals surface area contributed by atoms with Gasteiger partial charge in [0.15, 0.2) is 11.6 Å². The molecule has 11 heteroatoms. The number of primary sulfonamides is 1. The molecule has 0 bridgehead atoms. The molecule has 0 saturated heterocycles. The van der Waals surface area contributed by atoms with Crippen molar-refractivity contribution in [2.24, 2.45) is 5.14 Å². The summed E-state index contributed by atoms with van der Waals surface area (Å²) >= 11 is 0. The Labute approximate surface area is 152 Å². The van der Waals surface area contributed by atoms with Crippen LogP contribution in [0.5, 0.6) is 0 Å². The van der Waals surface area contributed by atoms with Gasteiger partial charge in [-0.3, -0.25) is 4.79 Å². The lowest BCUT2D eigenvalue weighted by molar-refractivity contribution is -0.115. The first-order valence-corrected chi connectivity index (χ1v) is 9.05. The smallest absolute Gasteiger partial charge is 0.241 e. The first-order chi connectivity index (χ1) is 12.7. The van der Waals surface area contributed by atoms with Crippen LogP contribution in [0, 0.1) is 11.6 Å². The number of sulfonamides is 1. The summed E-state index contributed by atoms with van der Waals surface area (Å²) in [6.07, 6.45) is 2.69. The van der Waals surface area contributed by atoms with E-state index in [9.17, 15) is 22.0 Å². The number of halogens is 2. The fourth-order valence-corrected chi connectivity index (χ4v) is 3.02. The molecule has 1 amide bonds. The molecule has 3 rings (SSSR count). The van der Waals surface area contributed by atoms with Crippen LogP contribution in [0.15, 0.2) is 53.8 Å². The Balaban J connectivity index is 1.89. The summed E-state index contributed by atoms with van der Waals surface area (Å²) in [5.41, 5.74) is 0.204. The summed E-state index contributed by atoms with van der Waals surface area (Å²) in [4.78, 5) is 15.5. The Morgan fingerprint density at radius 2 is 1.96 bits per heavy atom. The number of carbonyl (C=O) groups is 1. The summed E-state index contributed by atoms with van der Waals surface area (Å²) < 4.78 is 51.4. The van der Waals surface area contributed by atoms with E-state index >= 15 is 0 Å². The Kier molecular flexibility index (Phi) is 4.97. The highest BCUT2D eigenvalue weighted by Gasteiger charge is 2.20. The van der Waals surface area contributed by atoms with Gasteiger partial charge in [-0.25, -0.2) is 32.0 Å². The number of pyridine rings is 1. The van der Waals surface area contributed by atoms with E-state index in [1.54, 1.807) is 6.07 Å². The number of hydrogen-bond acceptors (Lipinski definition) is 5. The van der Waals surface area contributed by atoms with Gasteiger partial charge in [0.2, 0.25) is 15.9 Å². The van der Waals surface area contributed by atoms with Crippen LogP contribution in [-0.4, -0.2) is 29.1 Å². The van der Waals surface area contributed by atoms with Crippen LogP contribution in [-0.2, 0) is 21.2 Å². The number of benzene rings is 1. The summed E-state index contributed by atoms with van der Waals surface area (Å²) in [5, 5.41) is 11.2. The molecule has 0 aliphatic carbocycles. The number of hydrogen-bond donors (Lipinski definition) is 2. The minimum Gasteiger partial charge on any atom is -0.324 e. The van der Waals surface area contributed by atoms with Crippen molar-refractivity contribution in [3.8, 4) is 5.82 Å². The van der Waals surface area contributed by atoms with Crippen LogP contribution in [0.1, 0.15) is 5.56 Å². The van der Waals surface area contributed by atoms with Crippen LogP contribution >= 0.6 is 0 Å². The maximum Gasteiger partial charge on any atom is 0.241 e. The van der Waals surface area contributed by atoms with Crippen molar-refractivity contribution in [3.05, 3.63) is 66.1 Å². The predicted octanol–water partition coefficient (Wildman–Crippen LogP) is 1.37. The fraction of sp³-hybridized carbons (Fsp3) is 0.0625. The molecule has 3 N–H and O–H groups in total. The summed E-state index contributed by atoms with van der Waals surface area (Å²) in [6, 6.07) is 6.83. The highest BCUT2D eigenvalue weighted by Crippen LogP contribution is 2.21. The average Bonchev–Trinajstić information content (AvgIpc) is 3.02. The number of nitrogens with zero attached hydrogens (tertiary/aromatic N) is 3. The van der Waals surface area contributed by atoms with Crippen LogP contribution in [0.3, 0.4) is 0 Å². The Morgan fingerprint density at radius 3 is 2.59 bits per heavy atom. The molecular weight excluding hydrogens is 380 g/mol. The zero-order valence-electron chi connectivity index (χ0n) is 13.6. The number of anilines is 1. The molecule has 27 heavy (non-hydrogen) atoms. The monoisotopic (exact) mass is 393 g/mol. The predicted molar refractivity (Wildman–Crippen MR) is 91.4 cm³/mol. The Morgan fingerprint density at radius 1 is 1.22 bits per heavy atom. The van der Waals surface area contributed by atoms with Crippen molar-refractivity contribution >= 4 is 21.6 Å². The van der Waals surface area contributed by atoms with Crippen molar-refractivity contribution in [3.63, 3.8) is 0 Å². The van der Waals surface area contributed by atoms with Crippen molar-refractivity contribution in [1.29, 1.82) is 0 Å². The van der Waals surface area contributed by atoms with Gasteiger partial charge in [-0.1, -0.05) is 18.2 Å². The largest absolute Gasteiger partial charge is 0.324 e. The van der Waals surface area contributed by atoms with E-state index in [-0.39, 0.29) is 23.5 Å². The van der Waals surface area contributed by atoms with E-state index in [1.165, 1.54) is 18.2 Å². The molecule has 0 atom stereocenters. The number of amides is 1. The van der Waals surface area contributed by atoms with Crippen molar-refractivity contribution < 1.29 is 22.0 Å². The molecule has 0 unspecified atom stereocenters. The van der Waals surface area contributed by atoms with Gasteiger partial charge in [-0.05, 0) is 17.7 Å². The zero-order chi connectivity index (χ0) is 19.6. The molecule has 2 heterocycles. The highest BCUT2D eigenvalue weighted by molar-refractivity contribution is 7.89. The van der Waals surface area contributed by atoms with Crippen LogP contribution < -0.4 is 10.5 Å². The van der Waals surface area contributed by atoms with Crippen molar-refractivity contribution in [1.82, 2.24) is 14.8 Å². The molecule has 0 aliphatic rings. The second-order valence-corrected chi connectivity index (χ2v) is 7.04. The van der Waals surface area contributed by atoms with E-state index in [0.29, 0.717) is 0 Å². The summed E-state index contributed by atoms with van der Waals surface area (Å²) in [5.74, 6) is -2.04. The van der Waals surface area contributed by atoms with Crippen molar-refractivity contribution in [2.45, 2.75) is 11.3 Å². The number of carbonyl (C=O) groups excluding carboxylic acids is 1. The summed E-state index contributed by atoms with van der Waals surface area (Å²) in [7, 11) is -4.25. The van der Waals surface area contributed by atoms with E-state index in [2.05, 4.69) is 15.4 Å². The Hall–Kier alpha value is -3.18. The average molecular weight is 393 g/mol. The highest BCUT2D eigenvalue weighted by atomic mass is 32.2. The van der Waals surface area contributed by atoms with Crippen LogP contribution in [0.2, 0.25) is 0 Å². The first-order valence-electron chi connectivity index (χ1n) is 7.50. The second-order valence-electron chi connectivity index (χ2n) is 5.51. The van der Waals surface area contributed by atoms with Gasteiger partial charge in [0.1, 0.15) is 10.7 Å². The zero-order valence-corrected chi connectivity index (χ0v) is 14.5. The number of nitrogens with one attached hydrogen (secondary N) is 1. The standard InChI is InChI=1S/C16H13F2N5O3S/c17-11-7-21-23(9-11)16-14(27(19,25)26)6-12(8-20-16)22-15(24)5-10-3-1-2-4-13(10)18/h1-4,6-9H,5H2,(H,22,24)(H2,19,25,26). The van der Waals surface area contributed by atoms with Crippen LogP contribution in [0.4, 0.5) is 14.5 Å². The lowest BCUT2D eigenvalue weighted by atomic mass is 10.1. The van der Waals surface area contributed by atoms with Gasteiger partial charge in [0.25, 0.3) is 0 Å². The van der Waals surface area contributed by atoms with Gasteiger partial charge in [0, 0.05) is 0 Å². The van der Waals surface area contributed by atoms with Gasteiger partial charge >= 0.3 is 0 Å². The van der Waals surface area contributed by atoms with E-state index < -0.39 is 32.5 Å². The second kappa shape index (κ2) is 7.21. The maximum atomic E-state index is 13.6. The molecule has 0 radical (unpaired) electrons. The molecule has 0 saturated carbocycles. The van der Waals surface area contributed by atoms with E-state index in [1.807, 2.05) is 0 Å². The van der Waals surface area contributed by atoms with Crippen LogP contribution in [0.25, 0.3) is 5.82 Å². The van der Waals surface area contributed by atoms with Gasteiger partial charge in [-0.2, -0.15) is 5.10 Å². The summed E-state index contributed by atoms with van der Waals surface area (Å²) in [6.45, 7) is 0. The third kappa shape index (κ3) is 4.33. The molecule has 0 fully saturated rings. The topological polar surface area (TPSA) is 120 Å². The quantitative estimate of drug-likeness (QED) is 0.678. The van der Waals surface area contributed by atoms with Crippen molar-refractivity contribution in [2.75, 3.05) is 5.32 Å². The third-order valence-electron chi connectivity index (χ3n) is 3.50. The SMILES string of the molecule is NS(=O)(=O)c1cc(NC(=O)Cc2ccccc2F)cnc1-n1cc(F)cn1. The van der Waals surface area contributed by atoms with Gasteiger partial charge in [0.05, 0.1) is 30.7 Å². The minimum absolute atomic E-state index is 0.0248. The number of aromatic nitrogens is 3. The molecule has 140 valence electrons.